The second-order valence-electron chi connectivity index (χ2n) is 8.69. The van der Waals surface area contributed by atoms with Gasteiger partial charge in [0, 0.05) is 18.7 Å². The number of nitrogens with zero attached hydrogens (tertiary/aromatic N) is 3. The van der Waals surface area contributed by atoms with E-state index in [-0.39, 0.29) is 18.1 Å². The highest BCUT2D eigenvalue weighted by molar-refractivity contribution is 5.91. The minimum absolute atomic E-state index is 0.0667. The highest BCUT2D eigenvalue weighted by Crippen LogP contribution is 2.32. The maximum Gasteiger partial charge on any atom is 0.321 e. The molecular formula is C26H27F2N5O4. The number of hydrogen-bond donors (Lipinski definition) is 2. The summed E-state index contributed by atoms with van der Waals surface area (Å²) in [6.45, 7) is 0.548. The normalized spacial score (nSPS) is 12.4. The summed E-state index contributed by atoms with van der Waals surface area (Å²) >= 11 is 0. The Kier molecular flexibility index (Phi) is 7.90. The zero-order valence-electron chi connectivity index (χ0n) is 20.5. The van der Waals surface area contributed by atoms with Crippen LogP contribution < -0.4 is 10.1 Å². The fraction of sp³-hybridized carbons (Fsp3) is 0.346. The average Bonchev–Trinajstić information content (AvgIpc) is 3.59. The number of aromatic amines is 1. The molecule has 1 aromatic carbocycles. The Morgan fingerprint density at radius 2 is 2.00 bits per heavy atom. The number of ketones is 1. The Morgan fingerprint density at radius 3 is 2.73 bits per heavy atom. The van der Waals surface area contributed by atoms with E-state index < -0.39 is 17.9 Å². The van der Waals surface area contributed by atoms with Crippen LogP contribution in [0.4, 0.5) is 8.78 Å². The van der Waals surface area contributed by atoms with Crippen LogP contribution in [0, 0.1) is 0 Å². The third-order valence-electron chi connectivity index (χ3n) is 5.87. The van der Waals surface area contributed by atoms with E-state index in [4.69, 9.17) is 9.15 Å². The molecule has 0 aliphatic heterocycles. The van der Waals surface area contributed by atoms with Gasteiger partial charge in [0.2, 0.25) is 11.7 Å². The van der Waals surface area contributed by atoms with Gasteiger partial charge in [-0.25, -0.2) is 15.0 Å². The molecule has 37 heavy (non-hydrogen) atoms. The Hall–Kier alpha value is -4.15. The van der Waals surface area contributed by atoms with Crippen LogP contribution in [0.3, 0.4) is 0 Å². The molecule has 0 bridgehead atoms. The molecule has 1 atom stereocenters. The van der Waals surface area contributed by atoms with Crippen molar-refractivity contribution in [2.75, 3.05) is 7.11 Å². The van der Waals surface area contributed by atoms with Gasteiger partial charge >= 0.3 is 5.92 Å². The molecular weight excluding hydrogens is 484 g/mol. The minimum atomic E-state index is -3.54. The summed E-state index contributed by atoms with van der Waals surface area (Å²) in [5, 5.41) is 3.29. The van der Waals surface area contributed by atoms with Crippen LogP contribution in [0.15, 0.2) is 53.4 Å². The number of rotatable bonds is 12. The van der Waals surface area contributed by atoms with Crippen molar-refractivity contribution in [2.45, 2.75) is 51.0 Å². The van der Waals surface area contributed by atoms with Crippen LogP contribution in [-0.4, -0.2) is 44.7 Å². The summed E-state index contributed by atoms with van der Waals surface area (Å²) in [6.07, 6.45) is 6.67. The molecule has 0 fully saturated rings. The first-order valence-corrected chi connectivity index (χ1v) is 11.9. The maximum absolute atomic E-state index is 13.7. The Balaban J connectivity index is 1.48. The maximum atomic E-state index is 13.7. The molecule has 1 amide bonds. The summed E-state index contributed by atoms with van der Waals surface area (Å²) in [5.74, 6) is -4.35. The summed E-state index contributed by atoms with van der Waals surface area (Å²) in [6, 6.07) is 8.68. The molecule has 0 radical (unpaired) electrons. The van der Waals surface area contributed by atoms with Crippen LogP contribution in [0.5, 0.6) is 5.88 Å². The number of methoxy groups -OCH3 is 1. The van der Waals surface area contributed by atoms with Crippen LogP contribution in [0.1, 0.15) is 61.6 Å². The molecule has 0 aliphatic rings. The number of carbonyl (C=O) groups excluding carboxylic acids is 2. The molecule has 0 unspecified atom stereocenters. The van der Waals surface area contributed by atoms with Crippen molar-refractivity contribution < 1.29 is 27.5 Å². The van der Waals surface area contributed by atoms with Crippen LogP contribution in [0.2, 0.25) is 0 Å². The lowest BCUT2D eigenvalue weighted by Crippen LogP contribution is -2.40. The SMILES string of the molecule is COc1nc2ccccc2cc1-c1cnc([C@H](CCCCCC(=O)c2ncco2)NC(=O)C(C)(F)F)[nH]1. The molecule has 0 aliphatic carbocycles. The van der Waals surface area contributed by atoms with E-state index >= 15 is 0 Å². The predicted molar refractivity (Wildman–Crippen MR) is 131 cm³/mol. The predicted octanol–water partition coefficient (Wildman–Crippen LogP) is 5.27. The summed E-state index contributed by atoms with van der Waals surface area (Å²) in [7, 11) is 1.51. The summed E-state index contributed by atoms with van der Waals surface area (Å²) in [5.41, 5.74) is 1.99. The number of benzene rings is 1. The molecule has 3 aromatic heterocycles. The van der Waals surface area contributed by atoms with Gasteiger partial charge in [0.1, 0.15) is 12.1 Å². The van der Waals surface area contributed by atoms with Crippen molar-refractivity contribution in [1.29, 1.82) is 0 Å². The topological polar surface area (TPSA) is 123 Å². The lowest BCUT2D eigenvalue weighted by Gasteiger charge is -2.19. The van der Waals surface area contributed by atoms with Crippen molar-refractivity contribution in [3.63, 3.8) is 0 Å². The highest BCUT2D eigenvalue weighted by atomic mass is 19.3. The largest absolute Gasteiger partial charge is 0.480 e. The number of unbranched alkanes of at least 4 members (excludes halogenated alkanes) is 2. The molecule has 2 N–H and O–H groups in total. The van der Waals surface area contributed by atoms with E-state index in [1.807, 2.05) is 30.3 Å². The number of halogens is 2. The van der Waals surface area contributed by atoms with Gasteiger partial charge in [0.15, 0.2) is 0 Å². The van der Waals surface area contributed by atoms with Crippen LogP contribution in [0.25, 0.3) is 22.2 Å². The van der Waals surface area contributed by atoms with Gasteiger partial charge in [-0.1, -0.05) is 31.0 Å². The highest BCUT2D eigenvalue weighted by Gasteiger charge is 2.34. The third kappa shape index (κ3) is 6.35. The quantitative estimate of drug-likeness (QED) is 0.196. The molecule has 3 heterocycles. The number of aromatic nitrogens is 4. The van der Waals surface area contributed by atoms with Crippen LogP contribution in [-0.2, 0) is 4.79 Å². The van der Waals surface area contributed by atoms with E-state index in [2.05, 4.69) is 25.3 Å². The lowest BCUT2D eigenvalue weighted by molar-refractivity contribution is -0.144. The number of ether oxygens (including phenoxy) is 1. The van der Waals surface area contributed by atoms with E-state index in [0.29, 0.717) is 55.6 Å². The number of carbonyl (C=O) groups is 2. The Bertz CT molecular complexity index is 1370. The van der Waals surface area contributed by atoms with Gasteiger partial charge < -0.3 is 19.5 Å². The molecule has 11 heteroatoms. The number of fused-ring (bicyclic) bond motifs is 1. The average molecular weight is 512 g/mol. The van der Waals surface area contributed by atoms with Gasteiger partial charge in [-0.2, -0.15) is 8.78 Å². The number of nitrogens with one attached hydrogen (secondary N) is 2. The Morgan fingerprint density at radius 1 is 1.19 bits per heavy atom. The fourth-order valence-corrected chi connectivity index (χ4v) is 3.94. The van der Waals surface area contributed by atoms with Crippen molar-refractivity contribution >= 4 is 22.6 Å². The number of pyridine rings is 1. The van der Waals surface area contributed by atoms with E-state index in [1.54, 1.807) is 6.20 Å². The van der Waals surface area contributed by atoms with E-state index in [9.17, 15) is 18.4 Å². The number of Topliss-reactive ketones (excluding diaryl/α,β-unsaturated/α-hetero) is 1. The van der Waals surface area contributed by atoms with E-state index in [1.165, 1.54) is 19.6 Å². The zero-order valence-corrected chi connectivity index (χ0v) is 20.5. The van der Waals surface area contributed by atoms with Crippen molar-refractivity contribution in [1.82, 2.24) is 25.3 Å². The van der Waals surface area contributed by atoms with Gasteiger partial charge in [-0.05, 0) is 25.0 Å². The zero-order chi connectivity index (χ0) is 26.4. The number of H-pyrrole nitrogens is 1. The van der Waals surface area contributed by atoms with Crippen molar-refractivity contribution in [2.24, 2.45) is 0 Å². The first-order chi connectivity index (χ1) is 17.8. The second kappa shape index (κ2) is 11.3. The monoisotopic (exact) mass is 511 g/mol. The number of para-hydroxylation sites is 1. The van der Waals surface area contributed by atoms with Gasteiger partial charge in [0.05, 0.1) is 42.3 Å². The van der Waals surface area contributed by atoms with Crippen LogP contribution >= 0.6 is 0 Å². The number of alkyl halides is 2. The smallest absolute Gasteiger partial charge is 0.321 e. The van der Waals surface area contributed by atoms with Crippen molar-refractivity contribution in [3.05, 3.63) is 60.7 Å². The number of hydrogen-bond acceptors (Lipinski definition) is 7. The Labute approximate surface area is 211 Å². The number of imidazole rings is 1. The molecule has 0 saturated heterocycles. The standard InChI is InChI=1S/C26H27F2N5O4/c1-26(27,28)25(35)33-19(10-4-3-5-11-21(34)24-29-12-13-37-24)22-30-15-20(31-22)17-14-16-8-6-7-9-18(16)32-23(17)36-2/h6-9,12-15,19H,3-5,10-11H2,1-2H3,(H,30,31)(H,33,35)/t19-/m0/s1. The first kappa shape index (κ1) is 25.9. The third-order valence-corrected chi connectivity index (χ3v) is 5.87. The van der Waals surface area contributed by atoms with Gasteiger partial charge in [-0.15, -0.1) is 0 Å². The fourth-order valence-electron chi connectivity index (χ4n) is 3.94. The summed E-state index contributed by atoms with van der Waals surface area (Å²) in [4.78, 5) is 40.0. The molecule has 194 valence electrons. The van der Waals surface area contributed by atoms with Crippen molar-refractivity contribution in [3.8, 4) is 17.1 Å². The number of oxazole rings is 1. The summed E-state index contributed by atoms with van der Waals surface area (Å²) < 4.78 is 37.8. The second-order valence-corrected chi connectivity index (χ2v) is 8.69. The first-order valence-electron chi connectivity index (χ1n) is 11.9. The lowest BCUT2D eigenvalue weighted by atomic mass is 10.0. The molecule has 0 saturated carbocycles. The minimum Gasteiger partial charge on any atom is -0.480 e. The number of amides is 1. The van der Waals surface area contributed by atoms with Gasteiger partial charge in [-0.3, -0.25) is 9.59 Å². The van der Waals surface area contributed by atoms with Gasteiger partial charge in [0.25, 0.3) is 11.8 Å². The molecule has 0 spiro atoms. The van der Waals surface area contributed by atoms with E-state index in [0.717, 1.165) is 10.9 Å². The molecule has 4 aromatic rings. The molecule has 4 rings (SSSR count). The molecule has 9 nitrogen and oxygen atoms in total.